The lowest BCUT2D eigenvalue weighted by Gasteiger charge is -2.11. The fourth-order valence-electron chi connectivity index (χ4n) is 1.94. The van der Waals surface area contributed by atoms with E-state index in [1.165, 1.54) is 13.2 Å². The lowest BCUT2D eigenvalue weighted by Crippen LogP contribution is -2.29. The van der Waals surface area contributed by atoms with Crippen molar-refractivity contribution in [3.05, 3.63) is 34.1 Å². The summed E-state index contributed by atoms with van der Waals surface area (Å²) in [6, 6.07) is 4.56. The molecule has 92 valence electrons. The number of epoxide rings is 1. The molecule has 0 N–H and O–H groups in total. The van der Waals surface area contributed by atoms with Crippen LogP contribution < -0.4 is 0 Å². The summed E-state index contributed by atoms with van der Waals surface area (Å²) in [5, 5.41) is 0. The van der Waals surface area contributed by atoms with Crippen molar-refractivity contribution in [2.24, 2.45) is 0 Å². The summed E-state index contributed by atoms with van der Waals surface area (Å²) in [6.45, 7) is 3.44. The third-order valence-electron chi connectivity index (χ3n) is 3.32. The van der Waals surface area contributed by atoms with Crippen LogP contribution in [0.5, 0.6) is 0 Å². The van der Waals surface area contributed by atoms with E-state index >= 15 is 0 Å². The fourth-order valence-corrected chi connectivity index (χ4v) is 2.32. The largest absolute Gasteiger partial charge is 0.467 e. The highest BCUT2D eigenvalue weighted by Gasteiger charge is 2.70. The average molecular weight is 303 g/mol. The number of halogens is 2. The summed E-state index contributed by atoms with van der Waals surface area (Å²) in [5.74, 6) is -0.779. The van der Waals surface area contributed by atoms with Gasteiger partial charge in [-0.3, -0.25) is 0 Å². The van der Waals surface area contributed by atoms with E-state index in [9.17, 15) is 9.18 Å². The second-order valence-electron chi connectivity index (χ2n) is 4.29. The first-order chi connectivity index (χ1) is 7.85. The summed E-state index contributed by atoms with van der Waals surface area (Å²) >= 11 is 3.11. The van der Waals surface area contributed by atoms with Crippen LogP contribution in [0.4, 0.5) is 4.39 Å². The molecule has 2 unspecified atom stereocenters. The molecule has 0 aliphatic carbocycles. The lowest BCUT2D eigenvalue weighted by atomic mass is 9.89. The topological polar surface area (TPSA) is 38.8 Å². The predicted molar refractivity (Wildman–Crippen MR) is 63.0 cm³/mol. The Morgan fingerprint density at radius 1 is 1.47 bits per heavy atom. The first-order valence-electron chi connectivity index (χ1n) is 5.09. The minimum absolute atomic E-state index is 0.346. The third kappa shape index (κ3) is 1.68. The Morgan fingerprint density at radius 3 is 2.65 bits per heavy atom. The minimum Gasteiger partial charge on any atom is -0.467 e. The molecule has 1 saturated heterocycles. The van der Waals surface area contributed by atoms with E-state index in [4.69, 9.17) is 9.47 Å². The number of carbonyl (C=O) groups is 1. The van der Waals surface area contributed by atoms with Crippen LogP contribution in [-0.2, 0) is 19.9 Å². The van der Waals surface area contributed by atoms with Gasteiger partial charge in [-0.2, -0.15) is 0 Å². The van der Waals surface area contributed by atoms with Crippen LogP contribution >= 0.6 is 15.9 Å². The SMILES string of the molecule is COC(=O)C1(C)OC1(C)c1ccc(F)c(Br)c1. The Hall–Kier alpha value is -0.940. The summed E-state index contributed by atoms with van der Waals surface area (Å²) < 4.78 is 23.7. The highest BCUT2D eigenvalue weighted by molar-refractivity contribution is 9.10. The van der Waals surface area contributed by atoms with Gasteiger partial charge in [-0.15, -0.1) is 0 Å². The van der Waals surface area contributed by atoms with Gasteiger partial charge >= 0.3 is 5.97 Å². The quantitative estimate of drug-likeness (QED) is 0.623. The van der Waals surface area contributed by atoms with E-state index in [1.54, 1.807) is 26.0 Å². The van der Waals surface area contributed by atoms with Gasteiger partial charge in [0.2, 0.25) is 0 Å². The minimum atomic E-state index is -1.00. The molecule has 0 saturated carbocycles. The van der Waals surface area contributed by atoms with Gasteiger partial charge in [0.05, 0.1) is 11.6 Å². The summed E-state index contributed by atoms with van der Waals surface area (Å²) in [6.07, 6.45) is 0. The van der Waals surface area contributed by atoms with Crippen LogP contribution in [0.15, 0.2) is 22.7 Å². The summed E-state index contributed by atoms with van der Waals surface area (Å²) in [7, 11) is 1.32. The predicted octanol–water partition coefficient (Wildman–Crippen LogP) is 2.77. The zero-order valence-electron chi connectivity index (χ0n) is 9.71. The van der Waals surface area contributed by atoms with E-state index in [0.29, 0.717) is 4.47 Å². The van der Waals surface area contributed by atoms with Crippen molar-refractivity contribution in [2.75, 3.05) is 7.11 Å². The molecule has 1 aliphatic rings. The Balaban J connectivity index is 2.36. The molecular weight excluding hydrogens is 291 g/mol. The standard InChI is InChI=1S/C12H12BrFO3/c1-11(12(2,17-11)10(15)16-3)7-4-5-9(14)8(13)6-7/h4-6H,1-3H3. The molecule has 0 bridgehead atoms. The lowest BCUT2D eigenvalue weighted by molar-refractivity contribution is -0.146. The molecule has 2 atom stereocenters. The first kappa shape index (κ1) is 12.5. The maximum absolute atomic E-state index is 13.1. The highest BCUT2D eigenvalue weighted by Crippen LogP contribution is 2.56. The van der Waals surface area contributed by atoms with E-state index in [0.717, 1.165) is 5.56 Å². The van der Waals surface area contributed by atoms with Gasteiger partial charge in [0, 0.05) is 0 Å². The molecule has 0 radical (unpaired) electrons. The molecule has 1 aromatic carbocycles. The first-order valence-corrected chi connectivity index (χ1v) is 5.88. The molecule has 5 heteroatoms. The molecule has 1 fully saturated rings. The zero-order chi connectivity index (χ0) is 12.8. The molecule has 1 aliphatic heterocycles. The van der Waals surface area contributed by atoms with E-state index in [-0.39, 0.29) is 5.82 Å². The average Bonchev–Trinajstić information content (AvgIpc) is 2.87. The summed E-state index contributed by atoms with van der Waals surface area (Å²) in [4.78, 5) is 11.6. The fraction of sp³-hybridized carbons (Fsp3) is 0.417. The van der Waals surface area contributed by atoms with Crippen molar-refractivity contribution in [3.8, 4) is 0 Å². The second kappa shape index (κ2) is 3.78. The monoisotopic (exact) mass is 302 g/mol. The van der Waals surface area contributed by atoms with Gasteiger partial charge in [0.15, 0.2) is 5.60 Å². The number of carbonyl (C=O) groups excluding carboxylic acids is 1. The molecule has 1 heterocycles. The van der Waals surface area contributed by atoms with Crippen LogP contribution in [0.3, 0.4) is 0 Å². The molecule has 2 rings (SSSR count). The Bertz CT molecular complexity index is 491. The van der Waals surface area contributed by atoms with Crippen molar-refractivity contribution in [2.45, 2.75) is 25.0 Å². The normalized spacial score (nSPS) is 31.1. The molecule has 17 heavy (non-hydrogen) atoms. The number of hydrogen-bond acceptors (Lipinski definition) is 3. The Labute approximate surface area is 107 Å². The van der Waals surface area contributed by atoms with Crippen molar-refractivity contribution in [1.29, 1.82) is 0 Å². The zero-order valence-corrected chi connectivity index (χ0v) is 11.3. The van der Waals surface area contributed by atoms with Gasteiger partial charge < -0.3 is 9.47 Å². The highest BCUT2D eigenvalue weighted by atomic mass is 79.9. The Morgan fingerprint density at radius 2 is 2.12 bits per heavy atom. The molecule has 1 aromatic rings. The number of ether oxygens (including phenoxy) is 2. The van der Waals surface area contributed by atoms with Gasteiger partial charge in [-0.25, -0.2) is 9.18 Å². The van der Waals surface area contributed by atoms with Crippen molar-refractivity contribution >= 4 is 21.9 Å². The van der Waals surface area contributed by atoms with Crippen LogP contribution in [0, 0.1) is 5.82 Å². The van der Waals surface area contributed by atoms with E-state index < -0.39 is 17.2 Å². The van der Waals surface area contributed by atoms with Crippen molar-refractivity contribution in [1.82, 2.24) is 0 Å². The van der Waals surface area contributed by atoms with Crippen LogP contribution in [-0.4, -0.2) is 18.7 Å². The number of esters is 1. The van der Waals surface area contributed by atoms with Crippen molar-refractivity contribution < 1.29 is 18.7 Å². The summed E-state index contributed by atoms with van der Waals surface area (Å²) in [5.41, 5.74) is -1.03. The third-order valence-corrected chi connectivity index (χ3v) is 3.93. The second-order valence-corrected chi connectivity index (χ2v) is 5.14. The van der Waals surface area contributed by atoms with Gasteiger partial charge in [-0.1, -0.05) is 6.07 Å². The van der Waals surface area contributed by atoms with E-state index in [1.807, 2.05) is 0 Å². The number of hydrogen-bond donors (Lipinski definition) is 0. The van der Waals surface area contributed by atoms with Crippen LogP contribution in [0.1, 0.15) is 19.4 Å². The van der Waals surface area contributed by atoms with Gasteiger partial charge in [0.25, 0.3) is 0 Å². The van der Waals surface area contributed by atoms with Gasteiger partial charge in [-0.05, 0) is 47.5 Å². The maximum Gasteiger partial charge on any atom is 0.341 e. The molecule has 3 nitrogen and oxygen atoms in total. The van der Waals surface area contributed by atoms with Crippen molar-refractivity contribution in [3.63, 3.8) is 0 Å². The molecule has 0 spiro atoms. The van der Waals surface area contributed by atoms with Gasteiger partial charge in [0.1, 0.15) is 11.4 Å². The smallest absolute Gasteiger partial charge is 0.341 e. The number of benzene rings is 1. The maximum atomic E-state index is 13.1. The Kier molecular flexibility index (Phi) is 2.78. The van der Waals surface area contributed by atoms with Crippen LogP contribution in [0.25, 0.3) is 0 Å². The molecule has 0 aromatic heterocycles. The number of rotatable bonds is 2. The number of methoxy groups -OCH3 is 1. The van der Waals surface area contributed by atoms with Crippen LogP contribution in [0.2, 0.25) is 0 Å². The molecule has 0 amide bonds. The van der Waals surface area contributed by atoms with E-state index in [2.05, 4.69) is 15.9 Å². The molecular formula is C12H12BrFO3.